The Morgan fingerprint density at radius 3 is 2.72 bits per heavy atom. The Balaban J connectivity index is 1.51. The number of ether oxygens (including phenoxy) is 1. The van der Waals surface area contributed by atoms with Crippen molar-refractivity contribution >= 4 is 5.95 Å². The predicted octanol–water partition coefficient (Wildman–Crippen LogP) is 4.27. The Labute approximate surface area is 170 Å². The number of hydrogen-bond acceptors (Lipinski definition) is 5. The van der Waals surface area contributed by atoms with Crippen LogP contribution in [0.4, 0.5) is 10.3 Å². The maximum absolute atomic E-state index is 13.5. The van der Waals surface area contributed by atoms with E-state index in [-0.39, 0.29) is 18.1 Å². The number of nitrogens with one attached hydrogen (secondary N) is 1. The van der Waals surface area contributed by atoms with Gasteiger partial charge in [-0.25, -0.2) is 14.4 Å². The van der Waals surface area contributed by atoms with Crippen molar-refractivity contribution in [2.75, 3.05) is 11.9 Å². The summed E-state index contributed by atoms with van der Waals surface area (Å²) in [7, 11) is 0. The van der Waals surface area contributed by atoms with Gasteiger partial charge in [-0.2, -0.15) is 0 Å². The first kappa shape index (κ1) is 19.3. The molecule has 0 radical (unpaired) electrons. The van der Waals surface area contributed by atoms with Gasteiger partial charge in [0.1, 0.15) is 11.6 Å². The largest absolute Gasteiger partial charge is 0.475 e. The minimum absolute atomic E-state index is 0.0818. The Morgan fingerprint density at radius 2 is 1.93 bits per heavy atom. The number of halogens is 1. The van der Waals surface area contributed by atoms with Crippen LogP contribution in [0.2, 0.25) is 0 Å². The molecule has 3 aromatic rings. The minimum Gasteiger partial charge on any atom is -0.475 e. The molecule has 0 bridgehead atoms. The van der Waals surface area contributed by atoms with Gasteiger partial charge in [0.25, 0.3) is 0 Å². The van der Waals surface area contributed by atoms with E-state index in [9.17, 15) is 4.39 Å². The lowest BCUT2D eigenvalue weighted by atomic mass is 10.0. The van der Waals surface area contributed by atoms with E-state index in [1.54, 1.807) is 30.6 Å². The van der Waals surface area contributed by atoms with Crippen molar-refractivity contribution in [2.45, 2.75) is 38.6 Å². The average molecular weight is 392 g/mol. The molecule has 6 heteroatoms. The zero-order valence-electron chi connectivity index (χ0n) is 16.5. The van der Waals surface area contributed by atoms with Gasteiger partial charge in [0.2, 0.25) is 5.95 Å². The van der Waals surface area contributed by atoms with E-state index in [1.165, 1.54) is 11.6 Å². The molecule has 2 aromatic carbocycles. The number of aromatic nitrogens is 2. The topological polar surface area (TPSA) is 50.3 Å². The van der Waals surface area contributed by atoms with Crippen LogP contribution in [0.1, 0.15) is 24.5 Å². The lowest BCUT2D eigenvalue weighted by Crippen LogP contribution is -2.48. The Kier molecular flexibility index (Phi) is 6.00. The smallest absolute Gasteiger partial charge is 0.222 e. The molecule has 0 saturated heterocycles. The number of benzene rings is 2. The fraction of sp³-hybridized carbons (Fsp3) is 0.304. The molecule has 4 rings (SSSR count). The van der Waals surface area contributed by atoms with E-state index in [0.29, 0.717) is 12.5 Å². The van der Waals surface area contributed by atoms with E-state index < -0.39 is 0 Å². The Morgan fingerprint density at radius 1 is 1.14 bits per heavy atom. The second-order valence-corrected chi connectivity index (χ2v) is 7.32. The predicted molar refractivity (Wildman–Crippen MR) is 111 cm³/mol. The number of hydrogen-bond donors (Lipinski definition) is 1. The van der Waals surface area contributed by atoms with E-state index in [2.05, 4.69) is 39.2 Å². The Bertz CT molecular complexity index is 923. The van der Waals surface area contributed by atoms with Crippen LogP contribution in [0.25, 0.3) is 0 Å². The molecule has 2 heterocycles. The first-order chi connectivity index (χ1) is 14.2. The summed E-state index contributed by atoms with van der Waals surface area (Å²) in [6, 6.07) is 17.1. The maximum Gasteiger partial charge on any atom is 0.222 e. The molecule has 1 N–H and O–H groups in total. The fourth-order valence-electron chi connectivity index (χ4n) is 3.66. The summed E-state index contributed by atoms with van der Waals surface area (Å²) in [6.45, 7) is 3.62. The number of aryl methyl sites for hydroxylation is 1. The zero-order valence-corrected chi connectivity index (χ0v) is 16.5. The number of rotatable bonds is 7. The van der Waals surface area contributed by atoms with Gasteiger partial charge in [-0.15, -0.1) is 0 Å². The quantitative estimate of drug-likeness (QED) is 0.651. The molecule has 1 aromatic heterocycles. The SMILES string of the molecule is C[C@H](CNc1ncccn1)N(Cc1ccccc1)C1CCc2cc(F)ccc2O1. The van der Waals surface area contributed by atoms with Gasteiger partial charge in [0.05, 0.1) is 0 Å². The van der Waals surface area contributed by atoms with Gasteiger partial charge in [-0.05, 0) is 48.7 Å². The van der Waals surface area contributed by atoms with Gasteiger partial charge in [0, 0.05) is 37.9 Å². The van der Waals surface area contributed by atoms with Crippen LogP contribution in [0.5, 0.6) is 5.75 Å². The van der Waals surface area contributed by atoms with Crippen LogP contribution >= 0.6 is 0 Å². The molecule has 1 aliphatic rings. The summed E-state index contributed by atoms with van der Waals surface area (Å²) in [5.74, 6) is 1.17. The van der Waals surface area contributed by atoms with Crippen molar-refractivity contribution < 1.29 is 9.13 Å². The summed E-state index contributed by atoms with van der Waals surface area (Å²) in [5, 5.41) is 3.31. The lowest BCUT2D eigenvalue weighted by molar-refractivity contribution is -0.0179. The molecular weight excluding hydrogens is 367 g/mol. The van der Waals surface area contributed by atoms with Crippen LogP contribution in [-0.2, 0) is 13.0 Å². The van der Waals surface area contributed by atoms with Crippen LogP contribution in [0, 0.1) is 5.82 Å². The molecule has 5 nitrogen and oxygen atoms in total. The van der Waals surface area contributed by atoms with Crippen molar-refractivity contribution in [3.63, 3.8) is 0 Å². The third-order valence-corrected chi connectivity index (χ3v) is 5.21. The first-order valence-electron chi connectivity index (χ1n) is 9.94. The summed E-state index contributed by atoms with van der Waals surface area (Å²) < 4.78 is 19.8. The van der Waals surface area contributed by atoms with Gasteiger partial charge in [-0.3, -0.25) is 4.90 Å². The minimum atomic E-state index is -0.215. The van der Waals surface area contributed by atoms with Gasteiger partial charge in [-0.1, -0.05) is 30.3 Å². The third kappa shape index (κ3) is 4.90. The summed E-state index contributed by atoms with van der Waals surface area (Å²) >= 11 is 0. The molecule has 1 aliphatic heterocycles. The van der Waals surface area contributed by atoms with Crippen molar-refractivity contribution in [1.82, 2.24) is 14.9 Å². The fourth-order valence-corrected chi connectivity index (χ4v) is 3.66. The average Bonchev–Trinajstić information content (AvgIpc) is 2.77. The summed E-state index contributed by atoms with van der Waals surface area (Å²) in [4.78, 5) is 10.8. The highest BCUT2D eigenvalue weighted by Crippen LogP contribution is 2.31. The highest BCUT2D eigenvalue weighted by Gasteiger charge is 2.29. The van der Waals surface area contributed by atoms with E-state index in [4.69, 9.17) is 4.74 Å². The van der Waals surface area contributed by atoms with Crippen molar-refractivity contribution in [1.29, 1.82) is 0 Å². The molecule has 0 aliphatic carbocycles. The highest BCUT2D eigenvalue weighted by atomic mass is 19.1. The molecule has 0 saturated carbocycles. The summed E-state index contributed by atoms with van der Waals surface area (Å²) in [5.41, 5.74) is 2.16. The van der Waals surface area contributed by atoms with E-state index >= 15 is 0 Å². The second-order valence-electron chi connectivity index (χ2n) is 7.32. The molecular formula is C23H25FN4O. The number of nitrogens with zero attached hydrogens (tertiary/aromatic N) is 3. The van der Waals surface area contributed by atoms with E-state index in [0.717, 1.165) is 30.7 Å². The first-order valence-corrected chi connectivity index (χ1v) is 9.94. The molecule has 0 fully saturated rings. The molecule has 150 valence electrons. The third-order valence-electron chi connectivity index (χ3n) is 5.21. The zero-order chi connectivity index (χ0) is 20.1. The standard InChI is InChI=1S/C23H25FN4O/c1-17(15-27-23-25-12-5-13-26-23)28(16-18-6-3-2-4-7-18)22-11-8-19-14-20(24)9-10-21(19)29-22/h2-7,9-10,12-14,17,22H,8,11,15-16H2,1H3,(H,25,26,27)/t17-,22?/m1/s1. The van der Waals surface area contributed by atoms with E-state index in [1.807, 2.05) is 18.2 Å². The highest BCUT2D eigenvalue weighted by molar-refractivity contribution is 5.36. The van der Waals surface area contributed by atoms with Crippen LogP contribution < -0.4 is 10.1 Å². The number of anilines is 1. The van der Waals surface area contributed by atoms with Crippen molar-refractivity contribution in [3.05, 3.63) is 83.9 Å². The molecule has 0 amide bonds. The maximum atomic E-state index is 13.5. The monoisotopic (exact) mass is 392 g/mol. The van der Waals surface area contributed by atoms with Gasteiger partial charge >= 0.3 is 0 Å². The van der Waals surface area contributed by atoms with Gasteiger partial charge in [0.15, 0.2) is 6.23 Å². The van der Waals surface area contributed by atoms with Crippen molar-refractivity contribution in [2.24, 2.45) is 0 Å². The van der Waals surface area contributed by atoms with Crippen LogP contribution in [0.3, 0.4) is 0 Å². The normalized spacial score (nSPS) is 16.7. The molecule has 2 atom stereocenters. The van der Waals surface area contributed by atoms with Crippen LogP contribution in [-0.4, -0.2) is 33.7 Å². The molecule has 1 unspecified atom stereocenters. The number of fused-ring (bicyclic) bond motifs is 1. The van der Waals surface area contributed by atoms with Crippen molar-refractivity contribution in [3.8, 4) is 5.75 Å². The lowest BCUT2D eigenvalue weighted by Gasteiger charge is -2.39. The van der Waals surface area contributed by atoms with Crippen LogP contribution in [0.15, 0.2) is 67.0 Å². The molecule has 29 heavy (non-hydrogen) atoms. The second kappa shape index (κ2) is 9.01. The van der Waals surface area contributed by atoms with Gasteiger partial charge < -0.3 is 10.1 Å². The Hall–Kier alpha value is -2.99. The summed E-state index contributed by atoms with van der Waals surface area (Å²) in [6.07, 6.45) is 4.98. The molecule has 0 spiro atoms.